The highest BCUT2D eigenvalue weighted by molar-refractivity contribution is 7.89. The Bertz CT molecular complexity index is 2560. The molecule has 2 spiro atoms. The number of rotatable bonds is 8. The molecular formula is C44H50Cl4N10O8S2. The van der Waals surface area contributed by atoms with Crippen molar-refractivity contribution < 1.29 is 35.9 Å². The Hall–Kier alpha value is -4.98. The lowest BCUT2D eigenvalue weighted by atomic mass is 9.88. The molecule has 0 aliphatic carbocycles. The van der Waals surface area contributed by atoms with Crippen LogP contribution in [-0.2, 0) is 40.6 Å². The Morgan fingerprint density at radius 1 is 0.618 bits per heavy atom. The third kappa shape index (κ3) is 10.2. The van der Waals surface area contributed by atoms with Gasteiger partial charge in [0.1, 0.15) is 12.3 Å². The van der Waals surface area contributed by atoms with Gasteiger partial charge in [0, 0.05) is 22.9 Å². The van der Waals surface area contributed by atoms with Crippen molar-refractivity contribution in [2.45, 2.75) is 86.6 Å². The summed E-state index contributed by atoms with van der Waals surface area (Å²) in [5.41, 5.74) is 20.4. The first kappa shape index (κ1) is 54.0. The predicted octanol–water partition coefficient (Wildman–Crippen LogP) is 11.4. The monoisotopic (exact) mass is 1050 g/mol. The molecule has 0 saturated carbocycles. The maximum atomic E-state index is 13.7. The average Bonchev–Trinajstić information content (AvgIpc) is 4.09. The lowest BCUT2D eigenvalue weighted by Gasteiger charge is -2.39. The number of hydrogen-bond acceptors (Lipinski definition) is 10. The van der Waals surface area contributed by atoms with E-state index in [1.807, 2.05) is 13.8 Å². The van der Waals surface area contributed by atoms with E-state index in [1.54, 1.807) is 111 Å². The van der Waals surface area contributed by atoms with Crippen molar-refractivity contribution in [2.24, 2.45) is 10.2 Å². The molecule has 4 aromatic rings. The Morgan fingerprint density at radius 2 is 0.941 bits per heavy atom. The van der Waals surface area contributed by atoms with Crippen LogP contribution in [0.1, 0.15) is 61.8 Å². The van der Waals surface area contributed by atoms with Gasteiger partial charge in [0.2, 0.25) is 20.0 Å². The number of para-hydroxylation sites is 2. The van der Waals surface area contributed by atoms with E-state index in [4.69, 9.17) is 55.9 Å². The van der Waals surface area contributed by atoms with Crippen molar-refractivity contribution in [3.05, 3.63) is 140 Å². The molecule has 0 radical (unpaired) electrons. The van der Waals surface area contributed by atoms with Gasteiger partial charge >= 0.3 is 12.2 Å². The SMILES string of the molecule is CCOC(=O)N1c2ccccc2[C@]2(CCCN2S(=O)(=O)c2ccc(C)cc2)[C@H]1N=[N+]=[N-].CCOC(=O)N1c2ccccc2[C@]2(CCCN2S(=O)(=O)c2ccc(C)cc2)[C@H]1N=[N+]=[N-].ClCCl.ClCCl. The summed E-state index contributed by atoms with van der Waals surface area (Å²) < 4.78 is 68.1. The number of azide groups is 2. The summed E-state index contributed by atoms with van der Waals surface area (Å²) in [7, 11) is -7.86. The summed E-state index contributed by atoms with van der Waals surface area (Å²) >= 11 is 19.1. The van der Waals surface area contributed by atoms with E-state index in [0.717, 1.165) is 11.1 Å². The normalized spacial score (nSPS) is 21.4. The fourth-order valence-electron chi connectivity index (χ4n) is 9.27. The molecular weight excluding hydrogens is 1000 g/mol. The average molecular weight is 1050 g/mol. The van der Waals surface area contributed by atoms with Crippen molar-refractivity contribution in [1.82, 2.24) is 8.61 Å². The molecule has 68 heavy (non-hydrogen) atoms. The molecule has 4 aromatic carbocycles. The number of carbonyl (C=O) groups excluding carboxylic acids is 2. The maximum absolute atomic E-state index is 13.7. The summed E-state index contributed by atoms with van der Waals surface area (Å²) in [6.07, 6.45) is -1.61. The van der Waals surface area contributed by atoms with Crippen LogP contribution in [0.15, 0.2) is 117 Å². The predicted molar refractivity (Wildman–Crippen MR) is 263 cm³/mol. The van der Waals surface area contributed by atoms with Gasteiger partial charge in [-0.3, -0.25) is 9.80 Å². The number of nitrogens with zero attached hydrogens (tertiary/aromatic N) is 10. The summed E-state index contributed by atoms with van der Waals surface area (Å²) in [6, 6.07) is 27.4. The topological polar surface area (TPSA) is 231 Å². The summed E-state index contributed by atoms with van der Waals surface area (Å²) in [5, 5.41) is 8.25. The number of carbonyl (C=O) groups is 2. The standard InChI is InChI=1S/2C21H23N5O4S.2CH2Cl2/c2*1-3-30-20(27)26-18-8-5-4-7-17(18)21(19(26)23-24-22)13-6-14-25(21)31(28,29)16-11-9-15(2)10-12-16;2*2-1-3/h2*4-5,7-12,19H,3,6,13-14H2,1-2H3;2*1H2/t2*19-,21+;;/m00../s1. The molecule has 24 heteroatoms. The van der Waals surface area contributed by atoms with Crippen molar-refractivity contribution in [1.29, 1.82) is 0 Å². The van der Waals surface area contributed by atoms with Gasteiger partial charge < -0.3 is 9.47 Å². The highest BCUT2D eigenvalue weighted by Crippen LogP contribution is 2.57. The number of ether oxygens (including phenoxy) is 2. The van der Waals surface area contributed by atoms with Crippen LogP contribution < -0.4 is 9.80 Å². The van der Waals surface area contributed by atoms with Crippen LogP contribution in [0.3, 0.4) is 0 Å². The Labute approximate surface area is 415 Å². The number of benzene rings is 4. The third-order valence-corrected chi connectivity index (χ3v) is 15.7. The van der Waals surface area contributed by atoms with Crippen molar-refractivity contribution >= 4 is 90.0 Å². The fraction of sp³-hybridized carbons (Fsp3) is 0.409. The van der Waals surface area contributed by atoms with E-state index < -0.39 is 55.6 Å². The summed E-state index contributed by atoms with van der Waals surface area (Å²) in [5.74, 6) is 0. The van der Waals surface area contributed by atoms with Crippen LogP contribution >= 0.6 is 46.4 Å². The number of sulfonamides is 2. The molecule has 0 bridgehead atoms. The highest BCUT2D eigenvalue weighted by atomic mass is 35.5. The highest BCUT2D eigenvalue weighted by Gasteiger charge is 2.63. The quantitative estimate of drug-likeness (QED) is 0.0711. The molecule has 4 atom stereocenters. The zero-order valence-electron chi connectivity index (χ0n) is 37.5. The number of anilines is 2. The van der Waals surface area contributed by atoms with Gasteiger partial charge in [0.25, 0.3) is 0 Å². The van der Waals surface area contributed by atoms with Crippen molar-refractivity contribution in [3.8, 4) is 0 Å². The van der Waals surface area contributed by atoms with E-state index in [9.17, 15) is 37.5 Å². The zero-order valence-corrected chi connectivity index (χ0v) is 42.2. The Balaban J connectivity index is 0.000000228. The lowest BCUT2D eigenvalue weighted by Crippen LogP contribution is -2.54. The number of halogens is 4. The van der Waals surface area contributed by atoms with Gasteiger partial charge in [-0.05, 0) is 112 Å². The van der Waals surface area contributed by atoms with E-state index in [0.29, 0.717) is 48.2 Å². The van der Waals surface area contributed by atoms with Gasteiger partial charge in [-0.15, -0.1) is 46.4 Å². The molecule has 2 fully saturated rings. The number of alkyl halides is 4. The molecule has 364 valence electrons. The zero-order chi connectivity index (χ0) is 49.9. The number of aryl methyl sites for hydroxylation is 2. The molecule has 4 aliphatic heterocycles. The van der Waals surface area contributed by atoms with Gasteiger partial charge in [0.05, 0.1) is 56.1 Å². The van der Waals surface area contributed by atoms with E-state index >= 15 is 0 Å². The van der Waals surface area contributed by atoms with Gasteiger partial charge in [0.15, 0.2) is 0 Å². The molecule has 8 rings (SSSR count). The Morgan fingerprint density at radius 3 is 1.25 bits per heavy atom. The largest absolute Gasteiger partial charge is 0.449 e. The van der Waals surface area contributed by atoms with Crippen molar-refractivity contribution in [2.75, 3.05) is 46.8 Å². The van der Waals surface area contributed by atoms with E-state index in [2.05, 4.69) is 20.1 Å². The summed E-state index contributed by atoms with van der Waals surface area (Å²) in [4.78, 5) is 34.5. The van der Waals surface area contributed by atoms with E-state index in [1.165, 1.54) is 18.4 Å². The lowest BCUT2D eigenvalue weighted by molar-refractivity contribution is 0.146. The Kier molecular flexibility index (Phi) is 18.7. The molecule has 2 saturated heterocycles. The minimum Gasteiger partial charge on any atom is -0.449 e. The molecule has 4 aliphatic rings. The van der Waals surface area contributed by atoms with Crippen LogP contribution in [0, 0.1) is 13.8 Å². The fourth-order valence-corrected chi connectivity index (χ4v) is 12.9. The minimum absolute atomic E-state index is 0.138. The van der Waals surface area contributed by atoms with Crippen LogP contribution in [0.4, 0.5) is 21.0 Å². The summed E-state index contributed by atoms with van der Waals surface area (Å²) in [6.45, 7) is 7.91. The minimum atomic E-state index is -3.93. The second-order valence-corrected chi connectivity index (χ2v) is 20.7. The van der Waals surface area contributed by atoms with E-state index in [-0.39, 0.29) is 46.8 Å². The third-order valence-electron chi connectivity index (χ3n) is 11.8. The molecule has 0 unspecified atom stereocenters. The molecule has 0 aromatic heterocycles. The maximum Gasteiger partial charge on any atom is 0.414 e. The number of amides is 2. The van der Waals surface area contributed by atoms with Gasteiger partial charge in [-0.2, -0.15) is 8.61 Å². The molecule has 4 heterocycles. The molecule has 0 N–H and O–H groups in total. The van der Waals surface area contributed by atoms with Crippen LogP contribution in [0.25, 0.3) is 20.9 Å². The molecule has 18 nitrogen and oxygen atoms in total. The van der Waals surface area contributed by atoms with Gasteiger partial charge in [-0.1, -0.05) is 82.0 Å². The number of hydrogen-bond donors (Lipinski definition) is 0. The van der Waals surface area contributed by atoms with Gasteiger partial charge in [-0.25, -0.2) is 26.4 Å². The van der Waals surface area contributed by atoms with Crippen molar-refractivity contribution in [3.63, 3.8) is 0 Å². The first-order valence-corrected chi connectivity index (χ1v) is 26.2. The second kappa shape index (κ2) is 23.6. The smallest absolute Gasteiger partial charge is 0.414 e. The second-order valence-electron chi connectivity index (χ2n) is 15.4. The van der Waals surface area contributed by atoms with Crippen LogP contribution in [0.2, 0.25) is 0 Å². The van der Waals surface area contributed by atoms with Crippen LogP contribution in [-0.4, -0.2) is 86.9 Å². The number of fused-ring (bicyclic) bond motifs is 4. The molecule has 2 amide bonds. The first-order chi connectivity index (χ1) is 32.6. The first-order valence-electron chi connectivity index (χ1n) is 21.2. The van der Waals surface area contributed by atoms with Crippen LogP contribution in [0.5, 0.6) is 0 Å².